The van der Waals surface area contributed by atoms with Crippen LogP contribution in [0.1, 0.15) is 23.8 Å². The van der Waals surface area contributed by atoms with E-state index in [1.54, 1.807) is 10.9 Å². The molecule has 0 bridgehead atoms. The van der Waals surface area contributed by atoms with Crippen LogP contribution in [0.3, 0.4) is 0 Å². The van der Waals surface area contributed by atoms with Gasteiger partial charge in [-0.3, -0.25) is 4.57 Å². The second-order valence-corrected chi connectivity index (χ2v) is 7.76. The molecular weight excluding hydrogens is 398 g/mol. The first-order valence-corrected chi connectivity index (χ1v) is 10.4. The van der Waals surface area contributed by atoms with Crippen LogP contribution < -0.4 is 5.32 Å². The van der Waals surface area contributed by atoms with Gasteiger partial charge in [0.1, 0.15) is 24.6 Å². The molecule has 0 amide bonds. The zero-order valence-corrected chi connectivity index (χ0v) is 17.2. The van der Waals surface area contributed by atoms with E-state index in [1.807, 2.05) is 0 Å². The highest BCUT2D eigenvalue weighted by Crippen LogP contribution is 2.34. The van der Waals surface area contributed by atoms with Crippen molar-refractivity contribution in [1.82, 2.24) is 19.5 Å². The van der Waals surface area contributed by atoms with Gasteiger partial charge in [-0.1, -0.05) is 30.3 Å². The first-order chi connectivity index (χ1) is 15.2. The third-order valence-corrected chi connectivity index (χ3v) is 6.01. The van der Waals surface area contributed by atoms with Crippen LogP contribution in [0.5, 0.6) is 0 Å². The van der Waals surface area contributed by atoms with Crippen LogP contribution >= 0.6 is 0 Å². The molecule has 31 heavy (non-hydrogen) atoms. The normalized spacial score (nSPS) is 25.5. The van der Waals surface area contributed by atoms with Gasteiger partial charge in [0.25, 0.3) is 0 Å². The molecule has 0 spiro atoms. The van der Waals surface area contributed by atoms with Crippen LogP contribution in [-0.2, 0) is 15.9 Å². The molecule has 0 radical (unpaired) electrons. The molecule has 0 unspecified atom stereocenters. The molecule has 0 saturated carbocycles. The number of rotatable bonds is 6. The number of benzene rings is 1. The first kappa shape index (κ1) is 20.1. The lowest BCUT2D eigenvalue weighted by Crippen LogP contribution is -2.34. The SMILES string of the molecule is CO[C@@H]1[C@H](O)[C@@H](CO)O[C@H]1n1cnc2c(NCC3=CCCc4ccccc43)ncnc21. The van der Waals surface area contributed by atoms with Crippen LogP contribution in [0.25, 0.3) is 16.7 Å². The van der Waals surface area contributed by atoms with Gasteiger partial charge in [-0.15, -0.1) is 0 Å². The Kier molecular flexibility index (Phi) is 5.41. The lowest BCUT2D eigenvalue weighted by molar-refractivity contribution is -0.0583. The highest BCUT2D eigenvalue weighted by atomic mass is 16.6. The van der Waals surface area contributed by atoms with E-state index in [0.29, 0.717) is 23.5 Å². The van der Waals surface area contributed by atoms with E-state index in [9.17, 15) is 10.2 Å². The highest BCUT2D eigenvalue weighted by Gasteiger charge is 2.45. The Morgan fingerprint density at radius 2 is 2.13 bits per heavy atom. The summed E-state index contributed by atoms with van der Waals surface area (Å²) < 4.78 is 13.0. The third-order valence-electron chi connectivity index (χ3n) is 6.01. The van der Waals surface area contributed by atoms with Crippen LogP contribution in [-0.4, -0.2) is 68.3 Å². The van der Waals surface area contributed by atoms with Gasteiger partial charge in [0.05, 0.1) is 12.9 Å². The van der Waals surface area contributed by atoms with Gasteiger partial charge >= 0.3 is 0 Å². The number of methoxy groups -OCH3 is 1. The van der Waals surface area contributed by atoms with Gasteiger partial charge in [0.15, 0.2) is 23.2 Å². The van der Waals surface area contributed by atoms with E-state index >= 15 is 0 Å². The molecule has 1 aromatic carbocycles. The second-order valence-electron chi connectivity index (χ2n) is 7.76. The number of aryl methyl sites for hydroxylation is 1. The summed E-state index contributed by atoms with van der Waals surface area (Å²) in [5, 5.41) is 23.2. The number of hydrogen-bond acceptors (Lipinski definition) is 8. The second kappa shape index (κ2) is 8.35. The molecule has 3 heterocycles. The Morgan fingerprint density at radius 1 is 1.26 bits per heavy atom. The number of ether oxygens (including phenoxy) is 2. The number of imidazole rings is 1. The van der Waals surface area contributed by atoms with Crippen LogP contribution in [0.4, 0.5) is 5.82 Å². The monoisotopic (exact) mass is 423 g/mol. The van der Waals surface area contributed by atoms with Gasteiger partial charge in [-0.2, -0.15) is 0 Å². The van der Waals surface area contributed by atoms with Crippen molar-refractivity contribution in [3.05, 3.63) is 54.1 Å². The molecule has 4 atom stereocenters. The topological polar surface area (TPSA) is 115 Å². The summed E-state index contributed by atoms with van der Waals surface area (Å²) in [5.74, 6) is 0.624. The van der Waals surface area contributed by atoms with Crippen molar-refractivity contribution < 1.29 is 19.7 Å². The molecule has 2 aromatic heterocycles. The maximum Gasteiger partial charge on any atom is 0.167 e. The lowest BCUT2D eigenvalue weighted by atomic mass is 9.91. The van der Waals surface area contributed by atoms with Gasteiger partial charge in [-0.25, -0.2) is 15.0 Å². The Hall–Kier alpha value is -2.85. The van der Waals surface area contributed by atoms with Crippen molar-refractivity contribution in [3.8, 4) is 0 Å². The minimum atomic E-state index is -0.949. The Labute approximate surface area is 179 Å². The number of aliphatic hydroxyl groups excluding tert-OH is 2. The van der Waals surface area contributed by atoms with E-state index < -0.39 is 24.5 Å². The molecular formula is C22H25N5O4. The van der Waals surface area contributed by atoms with Crippen molar-refractivity contribution in [2.45, 2.75) is 37.4 Å². The molecule has 1 aliphatic heterocycles. The van der Waals surface area contributed by atoms with Gasteiger partial charge < -0.3 is 25.0 Å². The largest absolute Gasteiger partial charge is 0.394 e. The first-order valence-electron chi connectivity index (χ1n) is 10.4. The van der Waals surface area contributed by atoms with Crippen molar-refractivity contribution in [2.75, 3.05) is 25.6 Å². The summed E-state index contributed by atoms with van der Waals surface area (Å²) in [6.07, 6.45) is 4.44. The summed E-state index contributed by atoms with van der Waals surface area (Å²) in [4.78, 5) is 13.3. The molecule has 3 N–H and O–H groups in total. The van der Waals surface area contributed by atoms with Crippen molar-refractivity contribution in [1.29, 1.82) is 0 Å². The van der Waals surface area contributed by atoms with Crippen LogP contribution in [0.15, 0.2) is 43.0 Å². The quantitative estimate of drug-likeness (QED) is 0.547. The molecule has 1 aliphatic carbocycles. The maximum absolute atomic E-state index is 10.4. The number of aliphatic hydroxyl groups is 2. The summed E-state index contributed by atoms with van der Waals surface area (Å²) in [7, 11) is 1.50. The summed E-state index contributed by atoms with van der Waals surface area (Å²) in [6.45, 7) is 0.324. The summed E-state index contributed by atoms with van der Waals surface area (Å²) in [6, 6.07) is 8.46. The van der Waals surface area contributed by atoms with E-state index in [4.69, 9.17) is 9.47 Å². The molecule has 1 saturated heterocycles. The van der Waals surface area contributed by atoms with Gasteiger partial charge in [0, 0.05) is 13.7 Å². The molecule has 5 rings (SSSR count). The number of allylic oxidation sites excluding steroid dienone is 1. The van der Waals surface area contributed by atoms with Crippen molar-refractivity contribution in [2.24, 2.45) is 0 Å². The Balaban J connectivity index is 1.41. The lowest BCUT2D eigenvalue weighted by Gasteiger charge is -2.20. The molecule has 9 nitrogen and oxygen atoms in total. The fourth-order valence-electron chi connectivity index (χ4n) is 4.43. The number of nitrogens with one attached hydrogen (secondary N) is 1. The summed E-state index contributed by atoms with van der Waals surface area (Å²) in [5.41, 5.74) is 5.03. The van der Waals surface area contributed by atoms with E-state index in [0.717, 1.165) is 12.8 Å². The predicted octanol–water partition coefficient (Wildman–Crippen LogP) is 1.53. The highest BCUT2D eigenvalue weighted by molar-refractivity contribution is 5.84. The fraction of sp³-hybridized carbons (Fsp3) is 0.409. The van der Waals surface area contributed by atoms with E-state index in [1.165, 1.54) is 30.1 Å². The molecule has 2 aliphatic rings. The average molecular weight is 423 g/mol. The fourth-order valence-corrected chi connectivity index (χ4v) is 4.43. The maximum atomic E-state index is 10.4. The average Bonchev–Trinajstić information content (AvgIpc) is 3.38. The van der Waals surface area contributed by atoms with Gasteiger partial charge in [-0.05, 0) is 29.5 Å². The molecule has 3 aromatic rings. The van der Waals surface area contributed by atoms with Crippen LogP contribution in [0, 0.1) is 0 Å². The zero-order chi connectivity index (χ0) is 21.4. The summed E-state index contributed by atoms with van der Waals surface area (Å²) >= 11 is 0. The number of fused-ring (bicyclic) bond motifs is 2. The number of anilines is 1. The van der Waals surface area contributed by atoms with Crippen molar-refractivity contribution >= 4 is 22.6 Å². The molecule has 9 heteroatoms. The third kappa shape index (κ3) is 3.49. The smallest absolute Gasteiger partial charge is 0.167 e. The number of nitrogens with zero attached hydrogens (tertiary/aromatic N) is 4. The zero-order valence-electron chi connectivity index (χ0n) is 17.2. The van der Waals surface area contributed by atoms with Crippen molar-refractivity contribution in [3.63, 3.8) is 0 Å². The molecule has 1 fully saturated rings. The minimum absolute atomic E-state index is 0.303. The van der Waals surface area contributed by atoms with E-state index in [-0.39, 0.29) is 6.61 Å². The van der Waals surface area contributed by atoms with Gasteiger partial charge in [0.2, 0.25) is 0 Å². The Morgan fingerprint density at radius 3 is 2.97 bits per heavy atom. The predicted molar refractivity (Wildman–Crippen MR) is 114 cm³/mol. The standard InChI is InChI=1S/C22H25N5O4/c1-30-19-18(29)16(10-28)31-22(19)27-12-26-17-20(24-11-25-21(17)27)23-9-14-7-4-6-13-5-2-3-8-15(13)14/h2-3,5,7-8,11-12,16,18-19,22,28-29H,4,6,9-10H2,1H3,(H,23,24,25)/t16-,18-,19-,22-/m1/s1. The van der Waals surface area contributed by atoms with E-state index in [2.05, 4.69) is 50.6 Å². The minimum Gasteiger partial charge on any atom is -0.394 e. The molecule has 162 valence electrons. The van der Waals surface area contributed by atoms with Crippen LogP contribution in [0.2, 0.25) is 0 Å². The Bertz CT molecular complexity index is 1110. The number of hydrogen-bond donors (Lipinski definition) is 3. The number of aromatic nitrogens is 4.